The molecule has 7 heteroatoms. The van der Waals surface area contributed by atoms with Crippen molar-refractivity contribution in [3.05, 3.63) is 30.1 Å². The zero-order chi connectivity index (χ0) is 15.2. The van der Waals surface area contributed by atoms with Crippen LogP contribution in [0, 0.1) is 0 Å². The van der Waals surface area contributed by atoms with Gasteiger partial charge in [0, 0.05) is 12.6 Å². The van der Waals surface area contributed by atoms with Crippen LogP contribution < -0.4 is 0 Å². The number of hydrogen-bond donors (Lipinski definition) is 0. The van der Waals surface area contributed by atoms with Crippen LogP contribution in [0.2, 0.25) is 0 Å². The zero-order valence-corrected chi connectivity index (χ0v) is 12.2. The Bertz CT molecular complexity index is 568. The third-order valence-electron chi connectivity index (χ3n) is 2.60. The fourth-order valence-corrected chi connectivity index (χ4v) is 2.94. The van der Waals surface area contributed by atoms with Gasteiger partial charge in [0.1, 0.15) is 11.5 Å². The number of Topliss-reactive ketones (excluding diaryl/α,β-unsaturated/α-hetero) is 2. The summed E-state index contributed by atoms with van der Waals surface area (Å²) < 4.78 is 28.6. The summed E-state index contributed by atoms with van der Waals surface area (Å²) in [5.74, 6) is -0.837. The topological polar surface area (TPSA) is 90.4 Å². The van der Waals surface area contributed by atoms with E-state index in [2.05, 4.69) is 9.17 Å². The normalized spacial score (nSPS) is 12.9. The first-order chi connectivity index (χ1) is 9.38. The number of nitrogens with zero attached hydrogens (tertiary/aromatic N) is 1. The van der Waals surface area contributed by atoms with E-state index < -0.39 is 21.2 Å². The van der Waals surface area contributed by atoms with Crippen molar-refractivity contribution in [2.24, 2.45) is 0 Å². The molecule has 0 fully saturated rings. The van der Waals surface area contributed by atoms with Crippen LogP contribution in [-0.2, 0) is 19.1 Å². The molecular formula is C13H17NO5S. The molecule has 0 bridgehead atoms. The second-order valence-electron chi connectivity index (χ2n) is 4.21. The predicted octanol–water partition coefficient (Wildman–Crippen LogP) is 1.37. The van der Waals surface area contributed by atoms with Crippen molar-refractivity contribution in [1.82, 2.24) is 4.98 Å². The highest BCUT2D eigenvalue weighted by Gasteiger charge is 2.34. The van der Waals surface area contributed by atoms with E-state index in [4.69, 9.17) is 0 Å². The van der Waals surface area contributed by atoms with Gasteiger partial charge in [-0.25, -0.2) is 0 Å². The standard InChI is InChI=1S/C13H17NO5S/c1-3-19-20(17,18)12(8-7-10(2)15)13(16)11-6-4-5-9-14-11/h4-6,9,12H,3,7-8H2,1-2H3. The van der Waals surface area contributed by atoms with Crippen LogP contribution in [0.4, 0.5) is 0 Å². The fraction of sp³-hybridized carbons (Fsp3) is 0.462. The van der Waals surface area contributed by atoms with Crippen LogP contribution in [0.25, 0.3) is 0 Å². The molecular weight excluding hydrogens is 282 g/mol. The summed E-state index contributed by atoms with van der Waals surface area (Å²) in [5.41, 5.74) is 0.0457. The lowest BCUT2D eigenvalue weighted by Crippen LogP contribution is -2.33. The number of carbonyl (C=O) groups excluding carboxylic acids is 2. The Labute approximate surface area is 118 Å². The third-order valence-corrected chi connectivity index (χ3v) is 4.31. The summed E-state index contributed by atoms with van der Waals surface area (Å²) in [7, 11) is -4.06. The maximum Gasteiger partial charge on any atom is 0.277 e. The Morgan fingerprint density at radius 1 is 1.35 bits per heavy atom. The van der Waals surface area contributed by atoms with Crippen molar-refractivity contribution in [2.75, 3.05) is 6.61 Å². The average molecular weight is 299 g/mol. The van der Waals surface area contributed by atoms with Crippen LogP contribution in [0.1, 0.15) is 37.2 Å². The minimum absolute atomic E-state index is 0.00442. The van der Waals surface area contributed by atoms with Crippen molar-refractivity contribution in [3.8, 4) is 0 Å². The molecule has 0 aliphatic heterocycles. The maximum absolute atomic E-state index is 12.2. The average Bonchev–Trinajstić information content (AvgIpc) is 2.39. The summed E-state index contributed by atoms with van der Waals surface area (Å²) in [6.45, 7) is 2.80. The Morgan fingerprint density at radius 2 is 2.05 bits per heavy atom. The highest BCUT2D eigenvalue weighted by atomic mass is 32.2. The second kappa shape index (κ2) is 7.25. The molecule has 1 unspecified atom stereocenters. The number of hydrogen-bond acceptors (Lipinski definition) is 6. The van der Waals surface area contributed by atoms with Crippen LogP contribution in [-0.4, -0.2) is 36.8 Å². The monoisotopic (exact) mass is 299 g/mol. The van der Waals surface area contributed by atoms with Crippen molar-refractivity contribution >= 4 is 21.7 Å². The minimum atomic E-state index is -4.06. The highest BCUT2D eigenvalue weighted by Crippen LogP contribution is 2.16. The Kier molecular flexibility index (Phi) is 5.97. The van der Waals surface area contributed by atoms with Crippen molar-refractivity contribution in [1.29, 1.82) is 0 Å². The first kappa shape index (κ1) is 16.5. The van der Waals surface area contributed by atoms with E-state index in [1.165, 1.54) is 26.1 Å². The Morgan fingerprint density at radius 3 is 2.55 bits per heavy atom. The van der Waals surface area contributed by atoms with Crippen molar-refractivity contribution in [3.63, 3.8) is 0 Å². The van der Waals surface area contributed by atoms with E-state index in [0.717, 1.165) is 0 Å². The molecule has 0 aromatic carbocycles. The van der Waals surface area contributed by atoms with Crippen LogP contribution in [0.15, 0.2) is 24.4 Å². The first-order valence-corrected chi connectivity index (χ1v) is 7.68. The molecule has 0 saturated carbocycles. The predicted molar refractivity (Wildman–Crippen MR) is 72.8 cm³/mol. The van der Waals surface area contributed by atoms with Gasteiger partial charge in [0.15, 0.2) is 5.25 Å². The number of ketones is 2. The smallest absolute Gasteiger partial charge is 0.277 e. The lowest BCUT2D eigenvalue weighted by Gasteiger charge is -2.14. The van der Waals surface area contributed by atoms with Gasteiger partial charge >= 0.3 is 0 Å². The second-order valence-corrected chi connectivity index (χ2v) is 6.00. The van der Waals surface area contributed by atoms with Crippen molar-refractivity contribution < 1.29 is 22.2 Å². The summed E-state index contributed by atoms with van der Waals surface area (Å²) >= 11 is 0. The van der Waals surface area contributed by atoms with E-state index >= 15 is 0 Å². The molecule has 1 heterocycles. The van der Waals surface area contributed by atoms with Crippen LogP contribution in [0.3, 0.4) is 0 Å². The number of pyridine rings is 1. The van der Waals surface area contributed by atoms with Gasteiger partial charge in [-0.05, 0) is 32.4 Å². The maximum atomic E-state index is 12.2. The SMILES string of the molecule is CCOS(=O)(=O)C(CCC(C)=O)C(=O)c1ccccn1. The number of carbonyl (C=O) groups is 2. The van der Waals surface area contributed by atoms with E-state index in [9.17, 15) is 18.0 Å². The molecule has 1 atom stereocenters. The molecule has 0 radical (unpaired) electrons. The Balaban J connectivity index is 3.04. The largest absolute Gasteiger partial charge is 0.300 e. The van der Waals surface area contributed by atoms with Crippen LogP contribution in [0.5, 0.6) is 0 Å². The molecule has 110 valence electrons. The highest BCUT2D eigenvalue weighted by molar-refractivity contribution is 7.88. The van der Waals surface area contributed by atoms with E-state index in [1.54, 1.807) is 12.1 Å². The Hall–Kier alpha value is -1.60. The van der Waals surface area contributed by atoms with Gasteiger partial charge in [0.25, 0.3) is 10.1 Å². The van der Waals surface area contributed by atoms with Gasteiger partial charge in [-0.1, -0.05) is 6.07 Å². The molecule has 20 heavy (non-hydrogen) atoms. The molecule has 1 rings (SSSR count). The molecule has 0 saturated heterocycles. The molecule has 0 amide bonds. The molecule has 0 aliphatic rings. The summed E-state index contributed by atoms with van der Waals surface area (Å²) in [4.78, 5) is 27.1. The van der Waals surface area contributed by atoms with Gasteiger partial charge in [-0.3, -0.25) is 14.0 Å². The van der Waals surface area contributed by atoms with E-state index in [1.807, 2.05) is 0 Å². The van der Waals surface area contributed by atoms with E-state index in [-0.39, 0.29) is 30.9 Å². The molecule has 1 aromatic heterocycles. The van der Waals surface area contributed by atoms with E-state index in [0.29, 0.717) is 0 Å². The van der Waals surface area contributed by atoms with Gasteiger partial charge in [-0.15, -0.1) is 0 Å². The first-order valence-electron chi connectivity index (χ1n) is 6.21. The number of aromatic nitrogens is 1. The van der Waals surface area contributed by atoms with Gasteiger partial charge in [0.2, 0.25) is 5.78 Å². The van der Waals surface area contributed by atoms with Gasteiger partial charge in [-0.2, -0.15) is 8.42 Å². The molecule has 0 N–H and O–H groups in total. The quantitative estimate of drug-likeness (QED) is 0.532. The number of rotatable bonds is 8. The van der Waals surface area contributed by atoms with Gasteiger partial charge in [0.05, 0.1) is 6.61 Å². The summed E-state index contributed by atoms with van der Waals surface area (Å²) in [5, 5.41) is -1.40. The lowest BCUT2D eigenvalue weighted by atomic mass is 10.1. The van der Waals surface area contributed by atoms with Crippen LogP contribution >= 0.6 is 0 Å². The zero-order valence-electron chi connectivity index (χ0n) is 11.4. The molecule has 0 aliphatic carbocycles. The van der Waals surface area contributed by atoms with Gasteiger partial charge < -0.3 is 4.79 Å². The third kappa shape index (κ3) is 4.50. The lowest BCUT2D eigenvalue weighted by molar-refractivity contribution is -0.117. The minimum Gasteiger partial charge on any atom is -0.300 e. The molecule has 1 aromatic rings. The van der Waals surface area contributed by atoms with Crippen molar-refractivity contribution in [2.45, 2.75) is 31.9 Å². The molecule has 6 nitrogen and oxygen atoms in total. The summed E-state index contributed by atoms with van der Waals surface area (Å²) in [6, 6.07) is 4.65. The fourth-order valence-electron chi connectivity index (χ4n) is 1.66. The molecule has 0 spiro atoms. The summed E-state index contributed by atoms with van der Waals surface area (Å²) in [6.07, 6.45) is 1.30.